The first-order valence-electron chi connectivity index (χ1n) is 5.47. The summed E-state index contributed by atoms with van der Waals surface area (Å²) in [7, 11) is 0. The van der Waals surface area contributed by atoms with Crippen LogP contribution < -0.4 is 0 Å². The molecule has 1 aromatic rings. The molecule has 0 radical (unpaired) electrons. The number of aliphatic hydroxyl groups excluding tert-OH is 1. The van der Waals surface area contributed by atoms with Crippen molar-refractivity contribution in [3.8, 4) is 0 Å². The van der Waals surface area contributed by atoms with Crippen LogP contribution >= 0.6 is 11.6 Å². The molecule has 0 saturated carbocycles. The predicted octanol–water partition coefficient (Wildman–Crippen LogP) is 1.93. The highest BCUT2D eigenvalue weighted by molar-refractivity contribution is 6.33. The topological polar surface area (TPSA) is 40.5 Å². The summed E-state index contributed by atoms with van der Waals surface area (Å²) < 4.78 is 13.6. The maximum absolute atomic E-state index is 13.6. The lowest BCUT2D eigenvalue weighted by atomic mass is 10.1. The maximum Gasteiger partial charge on any atom is 0.258 e. The number of halogens is 2. The molecule has 3 nitrogen and oxygen atoms in total. The minimum Gasteiger partial charge on any atom is -0.396 e. The highest BCUT2D eigenvalue weighted by Gasteiger charge is 2.29. The van der Waals surface area contributed by atoms with Crippen molar-refractivity contribution in [3.63, 3.8) is 0 Å². The van der Waals surface area contributed by atoms with Gasteiger partial charge in [0.05, 0.1) is 10.6 Å². The molecule has 0 aliphatic carbocycles. The van der Waals surface area contributed by atoms with Gasteiger partial charge in [0.25, 0.3) is 5.91 Å². The van der Waals surface area contributed by atoms with Crippen molar-refractivity contribution in [2.24, 2.45) is 5.92 Å². The molecule has 1 fully saturated rings. The lowest BCUT2D eigenvalue weighted by Gasteiger charge is -2.17. The third kappa shape index (κ3) is 2.42. The first-order chi connectivity index (χ1) is 8.13. The molecule has 1 saturated heterocycles. The quantitative estimate of drug-likeness (QED) is 0.880. The third-order valence-corrected chi connectivity index (χ3v) is 3.32. The van der Waals surface area contributed by atoms with Crippen molar-refractivity contribution in [1.82, 2.24) is 4.90 Å². The molecule has 0 aromatic heterocycles. The van der Waals surface area contributed by atoms with E-state index in [2.05, 4.69) is 0 Å². The normalized spacial score (nSPS) is 19.7. The average Bonchev–Trinajstić information content (AvgIpc) is 2.77. The van der Waals surface area contributed by atoms with E-state index >= 15 is 0 Å². The Bertz CT molecular complexity index is 418. The van der Waals surface area contributed by atoms with Gasteiger partial charge in [-0.05, 0) is 18.6 Å². The van der Waals surface area contributed by atoms with Gasteiger partial charge in [-0.3, -0.25) is 4.79 Å². The number of carbonyl (C=O) groups is 1. The van der Waals surface area contributed by atoms with Gasteiger partial charge in [0.1, 0.15) is 5.82 Å². The minimum absolute atomic E-state index is 0.0504. The summed E-state index contributed by atoms with van der Waals surface area (Å²) >= 11 is 5.84. The van der Waals surface area contributed by atoms with Gasteiger partial charge in [-0.15, -0.1) is 0 Å². The van der Waals surface area contributed by atoms with Crippen molar-refractivity contribution < 1.29 is 14.3 Å². The largest absolute Gasteiger partial charge is 0.396 e. The summed E-state index contributed by atoms with van der Waals surface area (Å²) in [6, 6.07) is 4.19. The highest BCUT2D eigenvalue weighted by atomic mass is 35.5. The molecular weight excluding hydrogens is 245 g/mol. The van der Waals surface area contributed by atoms with Crippen molar-refractivity contribution in [1.29, 1.82) is 0 Å². The van der Waals surface area contributed by atoms with Crippen molar-refractivity contribution >= 4 is 17.5 Å². The number of aliphatic hydroxyl groups is 1. The monoisotopic (exact) mass is 257 g/mol. The molecule has 0 bridgehead atoms. The second-order valence-corrected chi connectivity index (χ2v) is 4.59. The van der Waals surface area contributed by atoms with Crippen LogP contribution in [-0.2, 0) is 0 Å². The number of nitrogens with zero attached hydrogens (tertiary/aromatic N) is 1. The van der Waals surface area contributed by atoms with E-state index in [4.69, 9.17) is 16.7 Å². The highest BCUT2D eigenvalue weighted by Crippen LogP contribution is 2.24. The van der Waals surface area contributed by atoms with Crippen LogP contribution in [0.2, 0.25) is 5.02 Å². The number of rotatable bonds is 2. The predicted molar refractivity (Wildman–Crippen MR) is 62.5 cm³/mol. The lowest BCUT2D eigenvalue weighted by Crippen LogP contribution is -2.30. The molecule has 1 aliphatic heterocycles. The van der Waals surface area contributed by atoms with Crippen molar-refractivity contribution in [2.45, 2.75) is 6.42 Å². The number of likely N-dealkylation sites (tertiary alicyclic amines) is 1. The number of carbonyl (C=O) groups excluding carboxylic acids is 1. The molecular formula is C12H13ClFNO2. The Morgan fingerprint density at radius 1 is 1.59 bits per heavy atom. The van der Waals surface area contributed by atoms with Crippen LogP contribution in [0.1, 0.15) is 16.8 Å². The van der Waals surface area contributed by atoms with Crippen LogP contribution in [0.3, 0.4) is 0 Å². The fourth-order valence-corrected chi connectivity index (χ4v) is 2.27. The zero-order chi connectivity index (χ0) is 12.4. The van der Waals surface area contributed by atoms with E-state index in [1.54, 1.807) is 0 Å². The zero-order valence-corrected chi connectivity index (χ0v) is 9.95. The first kappa shape index (κ1) is 12.3. The van der Waals surface area contributed by atoms with Gasteiger partial charge in [0.15, 0.2) is 0 Å². The number of benzene rings is 1. The zero-order valence-electron chi connectivity index (χ0n) is 9.20. The summed E-state index contributed by atoms with van der Waals surface area (Å²) in [5.74, 6) is -0.913. The van der Waals surface area contributed by atoms with E-state index in [1.807, 2.05) is 0 Å². The molecule has 0 spiro atoms. The molecule has 5 heteroatoms. The van der Waals surface area contributed by atoms with Gasteiger partial charge >= 0.3 is 0 Å². The molecule has 0 unspecified atom stereocenters. The second kappa shape index (κ2) is 5.02. The number of hydrogen-bond donors (Lipinski definition) is 1. The van der Waals surface area contributed by atoms with E-state index in [9.17, 15) is 9.18 Å². The SMILES string of the molecule is O=C(c1c(F)cccc1Cl)N1CC[C@H](CO)C1. The van der Waals surface area contributed by atoms with E-state index in [0.717, 1.165) is 6.42 Å². The molecule has 1 atom stereocenters. The van der Waals surface area contributed by atoms with Crippen LogP contribution in [0.25, 0.3) is 0 Å². The van der Waals surface area contributed by atoms with Crippen molar-refractivity contribution in [2.75, 3.05) is 19.7 Å². The minimum atomic E-state index is -0.602. The van der Waals surface area contributed by atoms with E-state index in [-0.39, 0.29) is 23.1 Å². The molecule has 2 rings (SSSR count). The van der Waals surface area contributed by atoms with Crippen LogP contribution in [0.5, 0.6) is 0 Å². The Morgan fingerprint density at radius 2 is 2.35 bits per heavy atom. The van der Waals surface area contributed by atoms with Gasteiger partial charge in [-0.2, -0.15) is 0 Å². The Hall–Kier alpha value is -1.13. The molecule has 1 N–H and O–H groups in total. The van der Waals surface area contributed by atoms with Crippen LogP contribution in [0.4, 0.5) is 4.39 Å². The Labute approximate surface area is 104 Å². The number of hydrogen-bond acceptors (Lipinski definition) is 2. The van der Waals surface area contributed by atoms with E-state index in [0.29, 0.717) is 13.1 Å². The Kier molecular flexibility index (Phi) is 3.64. The van der Waals surface area contributed by atoms with Gasteiger partial charge in [0.2, 0.25) is 0 Å². The summed E-state index contributed by atoms with van der Waals surface area (Å²) in [5, 5.41) is 9.13. The van der Waals surface area contributed by atoms with Crippen LogP contribution in [0, 0.1) is 11.7 Å². The van der Waals surface area contributed by atoms with Crippen LogP contribution in [-0.4, -0.2) is 35.6 Å². The fraction of sp³-hybridized carbons (Fsp3) is 0.417. The Morgan fingerprint density at radius 3 is 2.94 bits per heavy atom. The van der Waals surface area contributed by atoms with Gasteiger partial charge in [0, 0.05) is 25.6 Å². The van der Waals surface area contributed by atoms with Gasteiger partial charge in [-0.1, -0.05) is 17.7 Å². The van der Waals surface area contributed by atoms with E-state index in [1.165, 1.54) is 23.1 Å². The third-order valence-electron chi connectivity index (χ3n) is 3.01. The molecule has 1 aromatic carbocycles. The second-order valence-electron chi connectivity index (χ2n) is 4.19. The standard InChI is InChI=1S/C12H13ClFNO2/c13-9-2-1-3-10(14)11(9)12(17)15-5-4-8(6-15)7-16/h1-3,8,16H,4-7H2/t8-/m0/s1. The summed E-state index contributed by atoms with van der Waals surface area (Å²) in [4.78, 5) is 13.6. The molecule has 17 heavy (non-hydrogen) atoms. The molecule has 92 valence electrons. The van der Waals surface area contributed by atoms with E-state index < -0.39 is 11.7 Å². The van der Waals surface area contributed by atoms with Crippen LogP contribution in [0.15, 0.2) is 18.2 Å². The summed E-state index contributed by atoms with van der Waals surface area (Å²) in [6.45, 7) is 1.05. The Balaban J connectivity index is 2.21. The number of amides is 1. The lowest BCUT2D eigenvalue weighted by molar-refractivity contribution is 0.0777. The van der Waals surface area contributed by atoms with Crippen molar-refractivity contribution in [3.05, 3.63) is 34.6 Å². The molecule has 1 amide bonds. The fourth-order valence-electron chi connectivity index (χ4n) is 2.03. The first-order valence-corrected chi connectivity index (χ1v) is 5.85. The molecule has 1 aliphatic rings. The smallest absolute Gasteiger partial charge is 0.258 e. The summed E-state index contributed by atoms with van der Waals surface area (Å²) in [5.41, 5.74) is -0.0762. The average molecular weight is 258 g/mol. The van der Waals surface area contributed by atoms with Gasteiger partial charge in [-0.25, -0.2) is 4.39 Å². The molecule has 1 heterocycles. The van der Waals surface area contributed by atoms with Gasteiger partial charge < -0.3 is 10.0 Å². The summed E-state index contributed by atoms with van der Waals surface area (Å²) in [6.07, 6.45) is 0.744. The maximum atomic E-state index is 13.6.